The summed E-state index contributed by atoms with van der Waals surface area (Å²) < 4.78 is 25.8. The van der Waals surface area contributed by atoms with Crippen molar-refractivity contribution in [3.05, 3.63) is 47.5 Å². The van der Waals surface area contributed by atoms with Gasteiger partial charge in [0.1, 0.15) is 23.5 Å². The standard InChI is InChI=1S/C27H29ClFN5O4/c1-26(2,3)38-25(36)33-9-8-27(13-33)12-22(35)34(14-27)20-10-16-19(11-21(20)37-4)30-15-31-24(16)32-18-7-5-6-17(28)23(18)29/h5-7,10-11,15H,8-9,12-14H2,1-4H3,(H,30,31,32). The van der Waals surface area contributed by atoms with E-state index in [-0.39, 0.29) is 28.1 Å². The molecule has 2 fully saturated rings. The van der Waals surface area contributed by atoms with Gasteiger partial charge in [-0.3, -0.25) is 4.79 Å². The Balaban J connectivity index is 1.46. The van der Waals surface area contributed by atoms with E-state index in [1.807, 2.05) is 20.8 Å². The minimum Gasteiger partial charge on any atom is -0.494 e. The number of ether oxygens (including phenoxy) is 2. The lowest BCUT2D eigenvalue weighted by atomic mass is 9.86. The highest BCUT2D eigenvalue weighted by Crippen LogP contribution is 2.45. The Labute approximate surface area is 224 Å². The molecule has 2 aromatic carbocycles. The van der Waals surface area contributed by atoms with Gasteiger partial charge in [-0.2, -0.15) is 0 Å². The van der Waals surface area contributed by atoms with Crippen molar-refractivity contribution in [2.45, 2.75) is 39.2 Å². The lowest BCUT2D eigenvalue weighted by molar-refractivity contribution is -0.117. The van der Waals surface area contributed by atoms with Crippen LogP contribution in [0, 0.1) is 11.2 Å². The van der Waals surface area contributed by atoms with Crippen molar-refractivity contribution in [3.8, 4) is 5.75 Å². The highest BCUT2D eigenvalue weighted by atomic mass is 35.5. The lowest BCUT2D eigenvalue weighted by Crippen LogP contribution is -2.37. The molecule has 200 valence electrons. The fourth-order valence-electron chi connectivity index (χ4n) is 5.08. The zero-order valence-corrected chi connectivity index (χ0v) is 22.4. The second-order valence-electron chi connectivity index (χ2n) is 10.8. The van der Waals surface area contributed by atoms with Crippen LogP contribution < -0.4 is 15.0 Å². The number of hydrogen-bond acceptors (Lipinski definition) is 7. The summed E-state index contributed by atoms with van der Waals surface area (Å²) in [4.78, 5) is 38.0. The molecule has 0 bridgehead atoms. The molecule has 11 heteroatoms. The van der Waals surface area contributed by atoms with Gasteiger partial charge in [0.25, 0.3) is 0 Å². The fraction of sp³-hybridized carbons (Fsp3) is 0.407. The minimum absolute atomic E-state index is 0.0133. The topological polar surface area (TPSA) is 96.9 Å². The number of halogens is 2. The van der Waals surface area contributed by atoms with Crippen molar-refractivity contribution in [1.82, 2.24) is 14.9 Å². The quantitative estimate of drug-likeness (QED) is 0.463. The van der Waals surface area contributed by atoms with E-state index in [4.69, 9.17) is 21.1 Å². The van der Waals surface area contributed by atoms with Gasteiger partial charge in [0, 0.05) is 42.9 Å². The van der Waals surface area contributed by atoms with Crippen LogP contribution >= 0.6 is 11.6 Å². The van der Waals surface area contributed by atoms with Crippen molar-refractivity contribution in [2.75, 3.05) is 37.0 Å². The van der Waals surface area contributed by atoms with E-state index >= 15 is 0 Å². The first-order chi connectivity index (χ1) is 18.0. The number of anilines is 3. The van der Waals surface area contributed by atoms with Crippen LogP contribution in [0.4, 0.5) is 26.4 Å². The van der Waals surface area contributed by atoms with Crippen LogP contribution in [0.15, 0.2) is 36.7 Å². The van der Waals surface area contributed by atoms with Crippen molar-refractivity contribution in [3.63, 3.8) is 0 Å². The van der Waals surface area contributed by atoms with Crippen LogP contribution in [-0.2, 0) is 9.53 Å². The molecule has 2 aliphatic heterocycles. The summed E-state index contributed by atoms with van der Waals surface area (Å²) in [5.74, 6) is 0.171. The molecule has 3 aromatic rings. The van der Waals surface area contributed by atoms with Gasteiger partial charge in [0.05, 0.1) is 29.0 Å². The molecule has 5 rings (SSSR count). The molecular formula is C27H29ClFN5O4. The number of amides is 2. The third kappa shape index (κ3) is 4.92. The monoisotopic (exact) mass is 541 g/mol. The Kier molecular flexibility index (Phi) is 6.54. The molecule has 2 amide bonds. The summed E-state index contributed by atoms with van der Waals surface area (Å²) in [6, 6.07) is 8.16. The number of benzene rings is 2. The van der Waals surface area contributed by atoms with E-state index in [0.29, 0.717) is 60.6 Å². The summed E-state index contributed by atoms with van der Waals surface area (Å²) in [5, 5.41) is 3.56. The highest BCUT2D eigenvalue weighted by Gasteiger charge is 2.50. The number of fused-ring (bicyclic) bond motifs is 1. The molecule has 1 spiro atoms. The van der Waals surface area contributed by atoms with E-state index in [0.717, 1.165) is 0 Å². The van der Waals surface area contributed by atoms with Gasteiger partial charge >= 0.3 is 6.09 Å². The largest absolute Gasteiger partial charge is 0.494 e. The number of carbonyl (C=O) groups excluding carboxylic acids is 2. The Morgan fingerprint density at radius 2 is 2.00 bits per heavy atom. The number of likely N-dealkylation sites (tertiary alicyclic amines) is 1. The molecule has 1 N–H and O–H groups in total. The van der Waals surface area contributed by atoms with Gasteiger partial charge in [-0.25, -0.2) is 19.2 Å². The molecule has 1 atom stereocenters. The third-order valence-electron chi connectivity index (χ3n) is 6.84. The fourth-order valence-corrected chi connectivity index (χ4v) is 5.25. The van der Waals surface area contributed by atoms with Crippen LogP contribution in [0.3, 0.4) is 0 Å². The molecule has 1 unspecified atom stereocenters. The summed E-state index contributed by atoms with van der Waals surface area (Å²) in [6.45, 7) is 6.87. The number of rotatable bonds is 4. The number of nitrogens with one attached hydrogen (secondary N) is 1. The highest BCUT2D eigenvalue weighted by molar-refractivity contribution is 6.31. The van der Waals surface area contributed by atoms with E-state index in [1.54, 1.807) is 34.1 Å². The molecule has 2 aliphatic rings. The molecule has 0 aliphatic carbocycles. The number of methoxy groups -OCH3 is 1. The van der Waals surface area contributed by atoms with E-state index < -0.39 is 11.4 Å². The van der Waals surface area contributed by atoms with Crippen LogP contribution in [0.25, 0.3) is 10.9 Å². The van der Waals surface area contributed by atoms with Crippen LogP contribution in [-0.4, -0.2) is 59.2 Å². The molecule has 0 radical (unpaired) electrons. The third-order valence-corrected chi connectivity index (χ3v) is 7.13. The summed E-state index contributed by atoms with van der Waals surface area (Å²) in [6.07, 6.45) is 1.99. The van der Waals surface area contributed by atoms with E-state index in [1.165, 1.54) is 19.5 Å². The molecule has 9 nitrogen and oxygen atoms in total. The minimum atomic E-state index is -0.595. The second-order valence-corrected chi connectivity index (χ2v) is 11.2. The first-order valence-electron chi connectivity index (χ1n) is 12.3. The van der Waals surface area contributed by atoms with Gasteiger partial charge in [-0.05, 0) is 45.4 Å². The Morgan fingerprint density at radius 3 is 2.74 bits per heavy atom. The van der Waals surface area contributed by atoms with E-state index in [2.05, 4.69) is 15.3 Å². The van der Waals surface area contributed by atoms with Crippen LogP contribution in [0.1, 0.15) is 33.6 Å². The van der Waals surface area contributed by atoms with Crippen molar-refractivity contribution < 1.29 is 23.5 Å². The van der Waals surface area contributed by atoms with Crippen molar-refractivity contribution in [2.24, 2.45) is 5.41 Å². The Hall–Kier alpha value is -3.66. The first-order valence-corrected chi connectivity index (χ1v) is 12.7. The maximum absolute atomic E-state index is 14.6. The molecular weight excluding hydrogens is 513 g/mol. The molecule has 0 saturated carbocycles. The van der Waals surface area contributed by atoms with Crippen molar-refractivity contribution in [1.29, 1.82) is 0 Å². The Morgan fingerprint density at radius 1 is 1.21 bits per heavy atom. The lowest BCUT2D eigenvalue weighted by Gasteiger charge is -2.27. The molecule has 2 saturated heterocycles. The normalized spacial score (nSPS) is 19.5. The van der Waals surface area contributed by atoms with Crippen LogP contribution in [0.5, 0.6) is 5.75 Å². The summed E-state index contributed by atoms with van der Waals surface area (Å²) in [5.41, 5.74) is 0.307. The first kappa shape index (κ1) is 26.0. The predicted octanol–water partition coefficient (Wildman–Crippen LogP) is 5.54. The predicted molar refractivity (Wildman–Crippen MR) is 143 cm³/mol. The zero-order chi connectivity index (χ0) is 27.2. The summed E-state index contributed by atoms with van der Waals surface area (Å²) in [7, 11) is 1.53. The number of carbonyl (C=O) groups is 2. The second kappa shape index (κ2) is 9.58. The van der Waals surface area contributed by atoms with Crippen molar-refractivity contribution >= 4 is 51.7 Å². The zero-order valence-electron chi connectivity index (χ0n) is 21.7. The van der Waals surface area contributed by atoms with Gasteiger partial charge in [-0.1, -0.05) is 17.7 Å². The maximum atomic E-state index is 14.6. The van der Waals surface area contributed by atoms with Gasteiger partial charge in [0.15, 0.2) is 5.82 Å². The molecule has 3 heterocycles. The van der Waals surface area contributed by atoms with Gasteiger partial charge in [0.2, 0.25) is 5.91 Å². The number of aromatic nitrogens is 2. The van der Waals surface area contributed by atoms with Crippen LogP contribution in [0.2, 0.25) is 5.02 Å². The average Bonchev–Trinajstić information content (AvgIpc) is 3.42. The number of nitrogens with zero attached hydrogens (tertiary/aromatic N) is 4. The average molecular weight is 542 g/mol. The van der Waals surface area contributed by atoms with E-state index in [9.17, 15) is 14.0 Å². The van der Waals surface area contributed by atoms with Gasteiger partial charge < -0.3 is 24.6 Å². The smallest absolute Gasteiger partial charge is 0.410 e. The number of hydrogen-bond donors (Lipinski definition) is 1. The SMILES string of the molecule is COc1cc2ncnc(Nc3cccc(Cl)c3F)c2cc1N1CC2(CCN(C(=O)OC(C)(C)C)C2)CC1=O. The molecule has 1 aromatic heterocycles. The molecule has 38 heavy (non-hydrogen) atoms. The Bertz CT molecular complexity index is 1430. The maximum Gasteiger partial charge on any atom is 0.410 e. The van der Waals surface area contributed by atoms with Gasteiger partial charge in [-0.15, -0.1) is 0 Å². The summed E-state index contributed by atoms with van der Waals surface area (Å²) >= 11 is 5.94.